The van der Waals surface area contributed by atoms with Crippen molar-refractivity contribution in [2.75, 3.05) is 0 Å². The second-order valence-corrected chi connectivity index (χ2v) is 5.65. The Kier molecular flexibility index (Phi) is 2.62. The summed E-state index contributed by atoms with van der Waals surface area (Å²) < 4.78 is 5.47. The standard InChI is InChI=1S/C17H14ClNO/c18-15-9-8-14(20-15)17(19)13-7-6-11-5-4-10-2-1-3-12(13)16(10)11/h1-3,6-9,17H,4-5,19H2. The van der Waals surface area contributed by atoms with Crippen LogP contribution < -0.4 is 5.73 Å². The predicted molar refractivity (Wildman–Crippen MR) is 81.1 cm³/mol. The summed E-state index contributed by atoms with van der Waals surface area (Å²) in [5.74, 6) is 0.703. The molecule has 1 atom stereocenters. The largest absolute Gasteiger partial charge is 0.448 e. The normalized spacial score (nSPS) is 14.9. The number of benzene rings is 2. The first-order chi connectivity index (χ1) is 9.74. The summed E-state index contributed by atoms with van der Waals surface area (Å²) >= 11 is 5.85. The monoisotopic (exact) mass is 283 g/mol. The zero-order chi connectivity index (χ0) is 13.7. The van der Waals surface area contributed by atoms with Crippen LogP contribution in [0.25, 0.3) is 10.8 Å². The number of furan rings is 1. The first-order valence-electron chi connectivity index (χ1n) is 6.78. The van der Waals surface area contributed by atoms with Crippen LogP contribution in [0.2, 0.25) is 5.22 Å². The summed E-state index contributed by atoms with van der Waals surface area (Å²) in [6, 6.07) is 14.1. The first-order valence-corrected chi connectivity index (χ1v) is 7.16. The highest BCUT2D eigenvalue weighted by Crippen LogP contribution is 2.36. The van der Waals surface area contributed by atoms with Crippen molar-refractivity contribution in [2.24, 2.45) is 5.73 Å². The van der Waals surface area contributed by atoms with E-state index in [2.05, 4.69) is 30.3 Å². The number of rotatable bonds is 2. The van der Waals surface area contributed by atoms with Crippen molar-refractivity contribution in [2.45, 2.75) is 18.9 Å². The summed E-state index contributed by atoms with van der Waals surface area (Å²) in [6.45, 7) is 0. The van der Waals surface area contributed by atoms with E-state index in [1.54, 1.807) is 6.07 Å². The lowest BCUT2D eigenvalue weighted by Crippen LogP contribution is -2.11. The molecule has 1 aliphatic carbocycles. The molecule has 1 aliphatic rings. The van der Waals surface area contributed by atoms with Gasteiger partial charge in [0.15, 0.2) is 5.22 Å². The molecule has 2 N–H and O–H groups in total. The average molecular weight is 284 g/mol. The molecule has 20 heavy (non-hydrogen) atoms. The molecule has 0 bridgehead atoms. The van der Waals surface area contributed by atoms with Gasteiger partial charge in [-0.15, -0.1) is 0 Å². The van der Waals surface area contributed by atoms with E-state index in [1.807, 2.05) is 6.07 Å². The molecule has 4 rings (SSSR count). The fourth-order valence-electron chi connectivity index (χ4n) is 3.19. The third-order valence-corrected chi connectivity index (χ3v) is 4.35. The lowest BCUT2D eigenvalue weighted by molar-refractivity contribution is 0.492. The minimum atomic E-state index is -0.285. The molecule has 0 spiro atoms. The summed E-state index contributed by atoms with van der Waals surface area (Å²) in [4.78, 5) is 0. The smallest absolute Gasteiger partial charge is 0.193 e. The van der Waals surface area contributed by atoms with Crippen LogP contribution in [-0.2, 0) is 12.8 Å². The Morgan fingerprint density at radius 2 is 1.80 bits per heavy atom. The molecule has 2 nitrogen and oxygen atoms in total. The number of aryl methyl sites for hydroxylation is 2. The van der Waals surface area contributed by atoms with Crippen LogP contribution in [-0.4, -0.2) is 0 Å². The molecule has 1 unspecified atom stereocenters. The van der Waals surface area contributed by atoms with Crippen molar-refractivity contribution in [1.29, 1.82) is 0 Å². The molecular formula is C17H14ClNO. The van der Waals surface area contributed by atoms with E-state index >= 15 is 0 Å². The van der Waals surface area contributed by atoms with Gasteiger partial charge in [0, 0.05) is 0 Å². The van der Waals surface area contributed by atoms with Gasteiger partial charge in [-0.2, -0.15) is 0 Å². The molecule has 100 valence electrons. The number of hydrogen-bond acceptors (Lipinski definition) is 2. The van der Waals surface area contributed by atoms with E-state index in [-0.39, 0.29) is 6.04 Å². The van der Waals surface area contributed by atoms with Crippen molar-refractivity contribution < 1.29 is 4.42 Å². The van der Waals surface area contributed by atoms with Crippen LogP contribution >= 0.6 is 11.6 Å². The van der Waals surface area contributed by atoms with Crippen molar-refractivity contribution in [3.8, 4) is 0 Å². The third-order valence-electron chi connectivity index (χ3n) is 4.15. The molecule has 1 heterocycles. The minimum absolute atomic E-state index is 0.285. The zero-order valence-electron chi connectivity index (χ0n) is 10.9. The van der Waals surface area contributed by atoms with E-state index in [9.17, 15) is 0 Å². The maximum Gasteiger partial charge on any atom is 0.193 e. The van der Waals surface area contributed by atoms with E-state index in [0.29, 0.717) is 11.0 Å². The van der Waals surface area contributed by atoms with E-state index in [0.717, 1.165) is 18.4 Å². The van der Waals surface area contributed by atoms with Crippen LogP contribution in [0.1, 0.15) is 28.5 Å². The molecular weight excluding hydrogens is 270 g/mol. The molecule has 1 aromatic heterocycles. The van der Waals surface area contributed by atoms with Gasteiger partial charge in [-0.1, -0.05) is 30.3 Å². The Morgan fingerprint density at radius 3 is 2.55 bits per heavy atom. The summed E-state index contributed by atoms with van der Waals surface area (Å²) in [5, 5.41) is 2.98. The molecule has 0 saturated carbocycles. The van der Waals surface area contributed by atoms with Crippen molar-refractivity contribution in [3.63, 3.8) is 0 Å². The van der Waals surface area contributed by atoms with Gasteiger partial charge in [-0.3, -0.25) is 0 Å². The topological polar surface area (TPSA) is 39.2 Å². The number of halogens is 1. The maximum absolute atomic E-state index is 6.36. The molecule has 3 heteroatoms. The Hall–Kier alpha value is -1.77. The molecule has 3 aromatic rings. The Balaban J connectivity index is 1.93. The van der Waals surface area contributed by atoms with Crippen molar-refractivity contribution in [1.82, 2.24) is 0 Å². The average Bonchev–Trinajstić information content (AvgIpc) is 3.07. The summed E-state index contributed by atoms with van der Waals surface area (Å²) in [7, 11) is 0. The third kappa shape index (κ3) is 1.69. The van der Waals surface area contributed by atoms with E-state index in [1.165, 1.54) is 21.9 Å². The van der Waals surface area contributed by atoms with E-state index in [4.69, 9.17) is 21.8 Å². The van der Waals surface area contributed by atoms with Crippen LogP contribution in [0.15, 0.2) is 46.9 Å². The highest BCUT2D eigenvalue weighted by Gasteiger charge is 2.20. The number of hydrogen-bond donors (Lipinski definition) is 1. The Morgan fingerprint density at radius 1 is 1.00 bits per heavy atom. The maximum atomic E-state index is 6.36. The molecule has 0 aliphatic heterocycles. The molecule has 0 radical (unpaired) electrons. The van der Waals surface area contributed by atoms with Crippen LogP contribution in [0.3, 0.4) is 0 Å². The summed E-state index contributed by atoms with van der Waals surface area (Å²) in [5.41, 5.74) is 10.3. The van der Waals surface area contributed by atoms with Gasteiger partial charge in [-0.25, -0.2) is 0 Å². The van der Waals surface area contributed by atoms with Gasteiger partial charge in [0.25, 0.3) is 0 Å². The van der Waals surface area contributed by atoms with Gasteiger partial charge >= 0.3 is 0 Å². The van der Waals surface area contributed by atoms with Crippen LogP contribution in [0, 0.1) is 0 Å². The number of nitrogens with two attached hydrogens (primary N) is 1. The Labute approximate surface area is 122 Å². The van der Waals surface area contributed by atoms with Gasteiger partial charge in [-0.05, 0) is 64.0 Å². The molecule has 0 saturated heterocycles. The zero-order valence-corrected chi connectivity index (χ0v) is 11.7. The second-order valence-electron chi connectivity index (χ2n) is 5.27. The minimum Gasteiger partial charge on any atom is -0.448 e. The first kappa shape index (κ1) is 12.0. The second kappa shape index (κ2) is 4.37. The Bertz CT molecular complexity index is 796. The lowest BCUT2D eigenvalue weighted by atomic mass is 9.95. The van der Waals surface area contributed by atoms with Gasteiger partial charge < -0.3 is 10.2 Å². The van der Waals surface area contributed by atoms with Crippen LogP contribution in [0.4, 0.5) is 0 Å². The molecule has 0 amide bonds. The lowest BCUT2D eigenvalue weighted by Gasteiger charge is -2.14. The van der Waals surface area contributed by atoms with Gasteiger partial charge in [0.1, 0.15) is 5.76 Å². The fourth-order valence-corrected chi connectivity index (χ4v) is 3.34. The fraction of sp³-hybridized carbons (Fsp3) is 0.176. The van der Waals surface area contributed by atoms with E-state index < -0.39 is 0 Å². The van der Waals surface area contributed by atoms with Gasteiger partial charge in [0.05, 0.1) is 6.04 Å². The highest BCUT2D eigenvalue weighted by molar-refractivity contribution is 6.28. The molecule has 0 fully saturated rings. The SMILES string of the molecule is NC(c1ccc(Cl)o1)c1ccc2c3c(cccc13)CC2. The predicted octanol–water partition coefficient (Wildman–Crippen LogP) is 4.23. The highest BCUT2D eigenvalue weighted by atomic mass is 35.5. The summed E-state index contributed by atoms with van der Waals surface area (Å²) in [6.07, 6.45) is 2.25. The molecule has 2 aromatic carbocycles. The van der Waals surface area contributed by atoms with Crippen molar-refractivity contribution in [3.05, 3.63) is 70.1 Å². The quantitative estimate of drug-likeness (QED) is 0.764. The van der Waals surface area contributed by atoms with Gasteiger partial charge in [0.2, 0.25) is 0 Å². The van der Waals surface area contributed by atoms with Crippen molar-refractivity contribution >= 4 is 22.4 Å². The van der Waals surface area contributed by atoms with Crippen LogP contribution in [0.5, 0.6) is 0 Å².